The Hall–Kier alpha value is -3.22. The highest BCUT2D eigenvalue weighted by atomic mass is 16.5. The third-order valence-corrected chi connectivity index (χ3v) is 5.23. The monoisotopic (exact) mass is 398 g/mol. The quantitative estimate of drug-likeness (QED) is 0.781. The molecule has 1 saturated heterocycles. The minimum atomic E-state index is -0.285. The number of phenolic OH excluding ortho intramolecular Hbond substituents is 1. The van der Waals surface area contributed by atoms with Crippen molar-refractivity contribution in [2.75, 3.05) is 33.9 Å². The molecule has 0 aromatic heterocycles. The van der Waals surface area contributed by atoms with E-state index >= 15 is 0 Å². The number of hydrogen-bond acceptors (Lipinski definition) is 5. The summed E-state index contributed by atoms with van der Waals surface area (Å²) in [5.41, 5.74) is 0.836. The van der Waals surface area contributed by atoms with E-state index in [0.717, 1.165) is 12.8 Å². The van der Waals surface area contributed by atoms with Gasteiger partial charge in [0.05, 0.1) is 19.8 Å². The Morgan fingerprint density at radius 3 is 2.41 bits per heavy atom. The Labute approximate surface area is 170 Å². The Morgan fingerprint density at radius 2 is 1.76 bits per heavy atom. The lowest BCUT2D eigenvalue weighted by Gasteiger charge is -2.32. The van der Waals surface area contributed by atoms with Gasteiger partial charge in [0.1, 0.15) is 5.75 Å². The summed E-state index contributed by atoms with van der Waals surface area (Å²) in [6.07, 6.45) is 1.61. The summed E-state index contributed by atoms with van der Waals surface area (Å²) < 4.78 is 10.5. The number of phenols is 1. The third kappa shape index (κ3) is 4.80. The fourth-order valence-electron chi connectivity index (χ4n) is 3.49. The molecule has 7 nitrogen and oxygen atoms in total. The number of nitrogens with one attached hydrogen (secondary N) is 1. The number of likely N-dealkylation sites (tertiary alicyclic amines) is 1. The van der Waals surface area contributed by atoms with Crippen LogP contribution in [0.1, 0.15) is 33.6 Å². The SMILES string of the molecule is COc1ccc(C(=O)N2CCC(CNC(=O)c3ccccc3O)CC2)cc1OC. The van der Waals surface area contributed by atoms with Crippen LogP contribution in [0.3, 0.4) is 0 Å². The number of hydrogen-bond donors (Lipinski definition) is 2. The van der Waals surface area contributed by atoms with E-state index in [1.807, 2.05) is 4.90 Å². The van der Waals surface area contributed by atoms with Crippen LogP contribution in [-0.4, -0.2) is 55.7 Å². The van der Waals surface area contributed by atoms with Crippen LogP contribution in [0.4, 0.5) is 0 Å². The summed E-state index contributed by atoms with van der Waals surface area (Å²) in [6, 6.07) is 11.6. The Bertz CT molecular complexity index is 875. The molecule has 2 N–H and O–H groups in total. The fraction of sp³-hybridized carbons (Fsp3) is 0.364. The van der Waals surface area contributed by atoms with E-state index < -0.39 is 0 Å². The molecule has 0 radical (unpaired) electrons. The predicted octanol–water partition coefficient (Wildman–Crippen LogP) is 2.69. The number of carbonyl (C=O) groups is 2. The molecule has 7 heteroatoms. The maximum atomic E-state index is 12.8. The second-order valence-corrected chi connectivity index (χ2v) is 7.03. The Morgan fingerprint density at radius 1 is 1.07 bits per heavy atom. The molecule has 1 fully saturated rings. The zero-order valence-corrected chi connectivity index (χ0v) is 16.7. The van der Waals surface area contributed by atoms with Crippen LogP contribution >= 0.6 is 0 Å². The molecule has 0 atom stereocenters. The minimum Gasteiger partial charge on any atom is -0.507 e. The number of amides is 2. The molecule has 0 aliphatic carbocycles. The molecule has 1 heterocycles. The Balaban J connectivity index is 1.52. The topological polar surface area (TPSA) is 88.1 Å². The van der Waals surface area contributed by atoms with E-state index in [4.69, 9.17) is 9.47 Å². The van der Waals surface area contributed by atoms with Crippen molar-refractivity contribution in [3.63, 3.8) is 0 Å². The van der Waals surface area contributed by atoms with Gasteiger partial charge in [0.25, 0.3) is 11.8 Å². The number of methoxy groups -OCH3 is 2. The molecule has 0 bridgehead atoms. The number of aromatic hydroxyl groups is 1. The predicted molar refractivity (Wildman–Crippen MR) is 109 cm³/mol. The lowest BCUT2D eigenvalue weighted by Crippen LogP contribution is -2.41. The molecule has 0 spiro atoms. The Kier molecular flexibility index (Phi) is 6.59. The second-order valence-electron chi connectivity index (χ2n) is 7.03. The zero-order chi connectivity index (χ0) is 20.8. The third-order valence-electron chi connectivity index (χ3n) is 5.23. The van der Waals surface area contributed by atoms with E-state index in [1.54, 1.807) is 50.6 Å². The van der Waals surface area contributed by atoms with Gasteiger partial charge in [-0.15, -0.1) is 0 Å². The van der Waals surface area contributed by atoms with Crippen LogP contribution in [0.2, 0.25) is 0 Å². The van der Waals surface area contributed by atoms with E-state index in [-0.39, 0.29) is 23.1 Å². The summed E-state index contributed by atoms with van der Waals surface area (Å²) in [5, 5.41) is 12.7. The summed E-state index contributed by atoms with van der Waals surface area (Å²) in [5.74, 6) is 1.05. The van der Waals surface area contributed by atoms with Gasteiger partial charge in [-0.1, -0.05) is 12.1 Å². The molecular formula is C22H26N2O5. The van der Waals surface area contributed by atoms with Gasteiger partial charge in [-0.05, 0) is 49.1 Å². The molecule has 2 aromatic rings. The number of nitrogens with zero attached hydrogens (tertiary/aromatic N) is 1. The number of benzene rings is 2. The zero-order valence-electron chi connectivity index (χ0n) is 16.7. The van der Waals surface area contributed by atoms with Crippen LogP contribution in [0, 0.1) is 5.92 Å². The lowest BCUT2D eigenvalue weighted by atomic mass is 9.96. The average molecular weight is 398 g/mol. The van der Waals surface area contributed by atoms with Gasteiger partial charge < -0.3 is 24.8 Å². The van der Waals surface area contributed by atoms with Gasteiger partial charge in [0, 0.05) is 25.2 Å². The summed E-state index contributed by atoms with van der Waals surface area (Å²) in [6.45, 7) is 1.78. The number of ether oxygens (including phenoxy) is 2. The van der Waals surface area contributed by atoms with E-state index in [9.17, 15) is 14.7 Å². The van der Waals surface area contributed by atoms with Crippen molar-refractivity contribution >= 4 is 11.8 Å². The van der Waals surface area contributed by atoms with Gasteiger partial charge in [0.2, 0.25) is 0 Å². The molecule has 2 amide bonds. The first-order valence-electron chi connectivity index (χ1n) is 9.61. The molecule has 1 aliphatic heterocycles. The van der Waals surface area contributed by atoms with Crippen LogP contribution in [0.5, 0.6) is 17.2 Å². The average Bonchev–Trinajstić information content (AvgIpc) is 2.77. The second kappa shape index (κ2) is 9.32. The first-order chi connectivity index (χ1) is 14.0. The van der Waals surface area contributed by atoms with Crippen LogP contribution in [0.25, 0.3) is 0 Å². The minimum absolute atomic E-state index is 0.0275. The van der Waals surface area contributed by atoms with Crippen molar-refractivity contribution in [2.24, 2.45) is 5.92 Å². The normalized spacial score (nSPS) is 14.3. The highest BCUT2D eigenvalue weighted by Crippen LogP contribution is 2.29. The van der Waals surface area contributed by atoms with Crippen molar-refractivity contribution in [2.45, 2.75) is 12.8 Å². The number of carbonyl (C=O) groups excluding carboxylic acids is 2. The van der Waals surface area contributed by atoms with Gasteiger partial charge in [-0.25, -0.2) is 0 Å². The van der Waals surface area contributed by atoms with Crippen molar-refractivity contribution in [3.05, 3.63) is 53.6 Å². The van der Waals surface area contributed by atoms with Gasteiger partial charge >= 0.3 is 0 Å². The molecule has 0 unspecified atom stereocenters. The summed E-state index contributed by atoms with van der Waals surface area (Å²) in [7, 11) is 3.10. The lowest BCUT2D eigenvalue weighted by molar-refractivity contribution is 0.0683. The molecule has 29 heavy (non-hydrogen) atoms. The van der Waals surface area contributed by atoms with Crippen molar-refractivity contribution in [1.29, 1.82) is 0 Å². The van der Waals surface area contributed by atoms with Crippen LogP contribution in [-0.2, 0) is 0 Å². The van der Waals surface area contributed by atoms with Gasteiger partial charge in [-0.3, -0.25) is 9.59 Å². The largest absolute Gasteiger partial charge is 0.507 e. The standard InChI is InChI=1S/C22H26N2O5/c1-28-19-8-7-16(13-20(19)29-2)22(27)24-11-9-15(10-12-24)14-23-21(26)17-5-3-4-6-18(17)25/h3-8,13,15,25H,9-12,14H2,1-2H3,(H,23,26). The molecule has 0 saturated carbocycles. The first kappa shape index (κ1) is 20.5. The number of rotatable bonds is 6. The number of para-hydroxylation sites is 1. The molecule has 3 rings (SSSR count). The summed E-state index contributed by atoms with van der Waals surface area (Å²) in [4.78, 5) is 26.8. The van der Waals surface area contributed by atoms with E-state index in [0.29, 0.717) is 42.6 Å². The number of piperidine rings is 1. The van der Waals surface area contributed by atoms with E-state index in [1.165, 1.54) is 6.07 Å². The van der Waals surface area contributed by atoms with Crippen molar-refractivity contribution < 1.29 is 24.2 Å². The van der Waals surface area contributed by atoms with Crippen LogP contribution < -0.4 is 14.8 Å². The van der Waals surface area contributed by atoms with Gasteiger partial charge in [0.15, 0.2) is 11.5 Å². The fourth-order valence-corrected chi connectivity index (χ4v) is 3.49. The highest BCUT2D eigenvalue weighted by Gasteiger charge is 2.25. The maximum absolute atomic E-state index is 12.8. The molecule has 154 valence electrons. The first-order valence-corrected chi connectivity index (χ1v) is 9.61. The van der Waals surface area contributed by atoms with Crippen molar-refractivity contribution in [3.8, 4) is 17.2 Å². The van der Waals surface area contributed by atoms with Gasteiger partial charge in [-0.2, -0.15) is 0 Å². The summed E-state index contributed by atoms with van der Waals surface area (Å²) >= 11 is 0. The molecule has 1 aliphatic rings. The molecule has 2 aromatic carbocycles. The molecular weight excluding hydrogens is 372 g/mol. The highest BCUT2D eigenvalue weighted by molar-refractivity contribution is 5.96. The van der Waals surface area contributed by atoms with Crippen LogP contribution in [0.15, 0.2) is 42.5 Å². The smallest absolute Gasteiger partial charge is 0.255 e. The van der Waals surface area contributed by atoms with E-state index in [2.05, 4.69) is 5.32 Å². The maximum Gasteiger partial charge on any atom is 0.255 e. The van der Waals surface area contributed by atoms with Crippen molar-refractivity contribution in [1.82, 2.24) is 10.2 Å².